The molecule has 0 N–H and O–H groups in total. The number of terminal acetylenes is 1. The van der Waals surface area contributed by atoms with Crippen LogP contribution in [0.25, 0.3) is 0 Å². The summed E-state index contributed by atoms with van der Waals surface area (Å²) in [5.41, 5.74) is 0.106. The van der Waals surface area contributed by atoms with Gasteiger partial charge in [-0.15, -0.1) is 12.8 Å². The van der Waals surface area contributed by atoms with Gasteiger partial charge in [0.05, 0.1) is 23.9 Å². The molecule has 1 aliphatic carbocycles. The Hall–Kier alpha value is -0.520. The molecule has 0 aromatic heterocycles. The maximum atomic E-state index is 6.16. The quantitative estimate of drug-likeness (QED) is 0.518. The summed E-state index contributed by atoms with van der Waals surface area (Å²) in [6, 6.07) is 0. The van der Waals surface area contributed by atoms with Gasteiger partial charge in [-0.05, 0) is 52.4 Å². The molecule has 2 nitrogen and oxygen atoms in total. The van der Waals surface area contributed by atoms with Gasteiger partial charge in [0.15, 0.2) is 0 Å². The van der Waals surface area contributed by atoms with Crippen LogP contribution in [0.15, 0.2) is 0 Å². The molecule has 1 saturated carbocycles. The van der Waals surface area contributed by atoms with Crippen molar-refractivity contribution >= 4 is 0 Å². The summed E-state index contributed by atoms with van der Waals surface area (Å²) in [6.45, 7) is 11.2. The Morgan fingerprint density at radius 2 is 1.76 bits per heavy atom. The summed E-state index contributed by atoms with van der Waals surface area (Å²) in [6.07, 6.45) is 16.9. The van der Waals surface area contributed by atoms with Crippen molar-refractivity contribution in [3.8, 4) is 12.8 Å². The molecule has 1 aliphatic heterocycles. The molecule has 0 aromatic carbocycles. The average molecular weight is 294 g/mol. The minimum atomic E-state index is 0.106. The van der Waals surface area contributed by atoms with Gasteiger partial charge in [-0.2, -0.15) is 0 Å². The van der Waals surface area contributed by atoms with E-state index >= 15 is 0 Å². The van der Waals surface area contributed by atoms with Crippen LogP contribution in [0.5, 0.6) is 0 Å². The molecular formula is C19H34O2. The van der Waals surface area contributed by atoms with Crippen molar-refractivity contribution in [3.63, 3.8) is 0 Å². The van der Waals surface area contributed by atoms with E-state index in [-0.39, 0.29) is 5.60 Å². The normalized spacial score (nSPS) is 35.4. The third-order valence-electron chi connectivity index (χ3n) is 4.87. The Kier molecular flexibility index (Phi) is 7.24. The van der Waals surface area contributed by atoms with Crippen molar-refractivity contribution in [1.29, 1.82) is 0 Å². The molecular weight excluding hydrogens is 260 g/mol. The van der Waals surface area contributed by atoms with E-state index in [1.165, 1.54) is 38.5 Å². The largest absolute Gasteiger partial charge is 0.375 e. The van der Waals surface area contributed by atoms with E-state index in [1.807, 2.05) is 0 Å². The summed E-state index contributed by atoms with van der Waals surface area (Å²) < 4.78 is 12.3. The molecule has 1 saturated heterocycles. The van der Waals surface area contributed by atoms with Gasteiger partial charge in [0, 0.05) is 5.92 Å². The number of hydrogen-bond acceptors (Lipinski definition) is 2. The van der Waals surface area contributed by atoms with Gasteiger partial charge in [0.2, 0.25) is 0 Å². The van der Waals surface area contributed by atoms with E-state index in [4.69, 9.17) is 9.47 Å². The van der Waals surface area contributed by atoms with Gasteiger partial charge in [-0.3, -0.25) is 0 Å². The van der Waals surface area contributed by atoms with Crippen molar-refractivity contribution in [1.82, 2.24) is 0 Å². The lowest BCUT2D eigenvalue weighted by Crippen LogP contribution is -2.39. The second-order valence-corrected chi connectivity index (χ2v) is 7.38. The van der Waals surface area contributed by atoms with Gasteiger partial charge in [0.1, 0.15) is 0 Å². The summed E-state index contributed by atoms with van der Waals surface area (Å²) in [5, 5.41) is 0. The number of ether oxygens (including phenoxy) is 2. The molecule has 0 aromatic rings. The minimum absolute atomic E-state index is 0.106. The van der Waals surface area contributed by atoms with E-state index in [0.717, 1.165) is 5.92 Å². The van der Waals surface area contributed by atoms with Gasteiger partial charge in [-0.25, -0.2) is 0 Å². The first-order valence-corrected chi connectivity index (χ1v) is 8.60. The third kappa shape index (κ3) is 5.01. The van der Waals surface area contributed by atoms with Crippen molar-refractivity contribution in [3.05, 3.63) is 0 Å². The second-order valence-electron chi connectivity index (χ2n) is 7.38. The lowest BCUT2D eigenvalue weighted by Gasteiger charge is -2.35. The monoisotopic (exact) mass is 294 g/mol. The molecule has 0 amide bonds. The standard InChI is InChI=1S/C17H32O2.C2H2/c1-12(2)10-11-16-17(5,19-16)14-8-6-7-9-15(14)18-13(3)4;1-2/h12-16H,6-11H2,1-5H3;1-2H/t14?,15-,16-,17-;/m1./s1. The average Bonchev–Trinajstić information content (AvgIpc) is 3.11. The van der Waals surface area contributed by atoms with Gasteiger partial charge >= 0.3 is 0 Å². The number of epoxide rings is 1. The Morgan fingerprint density at radius 1 is 1.14 bits per heavy atom. The zero-order valence-electron chi connectivity index (χ0n) is 14.6. The van der Waals surface area contributed by atoms with E-state index in [2.05, 4.69) is 47.5 Å². The lowest BCUT2D eigenvalue weighted by molar-refractivity contribution is -0.0643. The van der Waals surface area contributed by atoms with Crippen LogP contribution < -0.4 is 0 Å². The van der Waals surface area contributed by atoms with E-state index in [9.17, 15) is 0 Å². The Balaban J connectivity index is 0.00000106. The molecule has 122 valence electrons. The lowest BCUT2D eigenvalue weighted by atomic mass is 9.76. The van der Waals surface area contributed by atoms with Crippen LogP contribution in [0, 0.1) is 24.7 Å². The van der Waals surface area contributed by atoms with Crippen LogP contribution in [-0.2, 0) is 9.47 Å². The first kappa shape index (κ1) is 18.5. The fourth-order valence-corrected chi connectivity index (χ4v) is 3.69. The highest BCUT2D eigenvalue weighted by Crippen LogP contribution is 2.51. The topological polar surface area (TPSA) is 21.8 Å². The van der Waals surface area contributed by atoms with Crippen LogP contribution in [0.2, 0.25) is 0 Å². The molecule has 0 radical (unpaired) electrons. The second kappa shape index (κ2) is 8.20. The van der Waals surface area contributed by atoms with Crippen LogP contribution in [-0.4, -0.2) is 23.9 Å². The molecule has 2 aliphatic rings. The molecule has 1 heterocycles. The molecule has 0 bridgehead atoms. The number of hydrogen-bond donors (Lipinski definition) is 0. The molecule has 1 unspecified atom stereocenters. The van der Waals surface area contributed by atoms with E-state index < -0.39 is 0 Å². The van der Waals surface area contributed by atoms with Crippen LogP contribution in [0.3, 0.4) is 0 Å². The van der Waals surface area contributed by atoms with E-state index in [1.54, 1.807) is 0 Å². The molecule has 2 heteroatoms. The van der Waals surface area contributed by atoms with Crippen molar-refractivity contribution < 1.29 is 9.47 Å². The highest BCUT2D eigenvalue weighted by molar-refractivity contribution is 5.06. The maximum absolute atomic E-state index is 6.16. The molecule has 2 fully saturated rings. The Bertz CT molecular complexity index is 321. The molecule has 21 heavy (non-hydrogen) atoms. The molecule has 2 rings (SSSR count). The summed E-state index contributed by atoms with van der Waals surface area (Å²) >= 11 is 0. The third-order valence-corrected chi connectivity index (χ3v) is 4.87. The fourth-order valence-electron chi connectivity index (χ4n) is 3.69. The van der Waals surface area contributed by atoms with Gasteiger partial charge < -0.3 is 9.47 Å². The predicted octanol–water partition coefficient (Wildman–Crippen LogP) is 4.81. The first-order valence-electron chi connectivity index (χ1n) is 8.60. The first-order chi connectivity index (χ1) is 9.93. The SMILES string of the molecule is C#C.CC(C)CC[C@H]1O[C@]1(C)C1CCCC[C@H]1OC(C)C. The predicted molar refractivity (Wildman–Crippen MR) is 89.2 cm³/mol. The minimum Gasteiger partial charge on any atom is -0.375 e. The van der Waals surface area contributed by atoms with E-state index in [0.29, 0.717) is 24.2 Å². The van der Waals surface area contributed by atoms with Crippen molar-refractivity contribution in [2.45, 2.75) is 97.1 Å². The van der Waals surface area contributed by atoms with Gasteiger partial charge in [0.25, 0.3) is 0 Å². The summed E-state index contributed by atoms with van der Waals surface area (Å²) in [4.78, 5) is 0. The summed E-state index contributed by atoms with van der Waals surface area (Å²) in [7, 11) is 0. The molecule has 4 atom stereocenters. The van der Waals surface area contributed by atoms with Crippen molar-refractivity contribution in [2.75, 3.05) is 0 Å². The van der Waals surface area contributed by atoms with Crippen LogP contribution in [0.4, 0.5) is 0 Å². The maximum Gasteiger partial charge on any atom is 0.0973 e. The smallest absolute Gasteiger partial charge is 0.0973 e. The van der Waals surface area contributed by atoms with Crippen molar-refractivity contribution in [2.24, 2.45) is 11.8 Å². The zero-order valence-corrected chi connectivity index (χ0v) is 14.6. The highest BCUT2D eigenvalue weighted by atomic mass is 16.6. The van der Waals surface area contributed by atoms with Crippen LogP contribution in [0.1, 0.15) is 73.1 Å². The number of rotatable bonds is 6. The highest BCUT2D eigenvalue weighted by Gasteiger charge is 2.59. The van der Waals surface area contributed by atoms with Crippen LogP contribution >= 0.6 is 0 Å². The summed E-state index contributed by atoms with van der Waals surface area (Å²) in [5.74, 6) is 1.39. The Labute approximate surface area is 132 Å². The Morgan fingerprint density at radius 3 is 2.33 bits per heavy atom. The fraction of sp³-hybridized carbons (Fsp3) is 0.895. The zero-order chi connectivity index (χ0) is 16.0. The van der Waals surface area contributed by atoms with Gasteiger partial charge in [-0.1, -0.05) is 26.7 Å². The molecule has 0 spiro atoms.